The van der Waals surface area contributed by atoms with Gasteiger partial charge in [0.1, 0.15) is 0 Å². The summed E-state index contributed by atoms with van der Waals surface area (Å²) in [6.07, 6.45) is 4.20. The van der Waals surface area contributed by atoms with E-state index in [0.29, 0.717) is 11.2 Å². The Balaban J connectivity index is 2.32. The standard InChI is InChI=1S/C7H10N2O2S2/c10-13(11)4-1-6(5-13)9-3-2-8-7(9)12/h2-3,6H,1,4-5H2,(H,8,12). The molecule has 1 saturated heterocycles. The van der Waals surface area contributed by atoms with Crippen LogP contribution in [0.5, 0.6) is 0 Å². The number of aromatic amines is 1. The second-order valence-corrected chi connectivity index (χ2v) is 5.84. The van der Waals surface area contributed by atoms with Crippen molar-refractivity contribution in [3.8, 4) is 0 Å². The fraction of sp³-hybridized carbons (Fsp3) is 0.571. The summed E-state index contributed by atoms with van der Waals surface area (Å²) >= 11 is 5.01. The first-order valence-electron chi connectivity index (χ1n) is 4.04. The van der Waals surface area contributed by atoms with E-state index in [1.54, 1.807) is 12.4 Å². The van der Waals surface area contributed by atoms with Crippen LogP contribution >= 0.6 is 12.2 Å². The number of imidazole rings is 1. The normalized spacial score (nSPS) is 26.3. The molecule has 0 saturated carbocycles. The van der Waals surface area contributed by atoms with Crippen LogP contribution in [0.15, 0.2) is 12.4 Å². The highest BCUT2D eigenvalue weighted by Crippen LogP contribution is 2.23. The molecule has 0 bridgehead atoms. The molecular weight excluding hydrogens is 208 g/mol. The molecule has 1 aromatic heterocycles. The van der Waals surface area contributed by atoms with Crippen molar-refractivity contribution in [1.82, 2.24) is 9.55 Å². The molecule has 6 heteroatoms. The molecule has 1 fully saturated rings. The summed E-state index contributed by atoms with van der Waals surface area (Å²) in [5.41, 5.74) is 0. The van der Waals surface area contributed by atoms with Crippen LogP contribution in [0.25, 0.3) is 0 Å². The fourth-order valence-corrected chi connectivity index (χ4v) is 3.60. The summed E-state index contributed by atoms with van der Waals surface area (Å²) in [4.78, 5) is 2.86. The number of hydrogen-bond acceptors (Lipinski definition) is 3. The van der Waals surface area contributed by atoms with Gasteiger partial charge in [-0.2, -0.15) is 0 Å². The lowest BCUT2D eigenvalue weighted by atomic mass is 10.3. The highest BCUT2D eigenvalue weighted by molar-refractivity contribution is 7.91. The molecule has 72 valence electrons. The number of hydrogen-bond donors (Lipinski definition) is 1. The zero-order chi connectivity index (χ0) is 9.47. The van der Waals surface area contributed by atoms with Crippen molar-refractivity contribution in [2.75, 3.05) is 11.5 Å². The third-order valence-electron chi connectivity index (χ3n) is 2.28. The Morgan fingerprint density at radius 3 is 2.85 bits per heavy atom. The number of nitrogens with one attached hydrogen (secondary N) is 1. The predicted molar refractivity (Wildman–Crippen MR) is 51.9 cm³/mol. The Bertz CT molecular complexity index is 457. The maximum absolute atomic E-state index is 11.2. The zero-order valence-corrected chi connectivity index (χ0v) is 8.57. The summed E-state index contributed by atoms with van der Waals surface area (Å²) in [5, 5.41) is 0. The van der Waals surface area contributed by atoms with Gasteiger partial charge in [-0.25, -0.2) is 8.42 Å². The number of H-pyrrole nitrogens is 1. The van der Waals surface area contributed by atoms with E-state index < -0.39 is 9.84 Å². The number of aromatic nitrogens is 2. The second-order valence-electron chi connectivity index (χ2n) is 3.23. The van der Waals surface area contributed by atoms with Crippen LogP contribution in [0.4, 0.5) is 0 Å². The maximum atomic E-state index is 11.2. The third kappa shape index (κ3) is 1.68. The molecule has 1 aromatic rings. The quantitative estimate of drug-likeness (QED) is 0.713. The maximum Gasteiger partial charge on any atom is 0.177 e. The molecule has 1 aliphatic heterocycles. The molecule has 1 N–H and O–H groups in total. The molecule has 0 radical (unpaired) electrons. The van der Waals surface area contributed by atoms with E-state index in [4.69, 9.17) is 12.2 Å². The molecule has 2 rings (SSSR count). The zero-order valence-electron chi connectivity index (χ0n) is 6.93. The fourth-order valence-electron chi connectivity index (χ4n) is 1.61. The van der Waals surface area contributed by atoms with Crippen LogP contribution in [0.2, 0.25) is 0 Å². The van der Waals surface area contributed by atoms with Gasteiger partial charge in [0, 0.05) is 12.4 Å². The SMILES string of the molecule is O=S1(=O)CCC(n2cc[nH]c2=S)C1. The van der Waals surface area contributed by atoms with Gasteiger partial charge in [0.15, 0.2) is 14.6 Å². The number of nitrogens with zero attached hydrogens (tertiary/aromatic N) is 1. The van der Waals surface area contributed by atoms with Gasteiger partial charge in [0.25, 0.3) is 0 Å². The van der Waals surface area contributed by atoms with Crippen LogP contribution in [-0.2, 0) is 9.84 Å². The van der Waals surface area contributed by atoms with Crippen LogP contribution in [0, 0.1) is 4.77 Å². The molecule has 1 aliphatic rings. The highest BCUT2D eigenvalue weighted by atomic mass is 32.2. The van der Waals surface area contributed by atoms with Crippen molar-refractivity contribution in [3.05, 3.63) is 17.2 Å². The first kappa shape index (κ1) is 8.96. The van der Waals surface area contributed by atoms with Crippen molar-refractivity contribution in [1.29, 1.82) is 0 Å². The minimum Gasteiger partial charge on any atom is -0.337 e. The Morgan fingerprint density at radius 1 is 1.62 bits per heavy atom. The molecule has 1 atom stereocenters. The minimum atomic E-state index is -2.82. The molecule has 0 aromatic carbocycles. The van der Waals surface area contributed by atoms with Gasteiger partial charge in [-0.05, 0) is 18.6 Å². The van der Waals surface area contributed by atoms with Gasteiger partial charge < -0.3 is 9.55 Å². The first-order chi connectivity index (χ1) is 6.08. The molecule has 0 amide bonds. The van der Waals surface area contributed by atoms with Crippen molar-refractivity contribution in [2.24, 2.45) is 0 Å². The topological polar surface area (TPSA) is 54.9 Å². The minimum absolute atomic E-state index is 0.0312. The predicted octanol–water partition coefficient (Wildman–Crippen LogP) is 0.905. The van der Waals surface area contributed by atoms with Gasteiger partial charge in [0.2, 0.25) is 0 Å². The molecule has 2 heterocycles. The largest absolute Gasteiger partial charge is 0.337 e. The van der Waals surface area contributed by atoms with E-state index in [0.717, 1.165) is 0 Å². The monoisotopic (exact) mass is 218 g/mol. The van der Waals surface area contributed by atoms with Crippen molar-refractivity contribution in [2.45, 2.75) is 12.5 Å². The Labute approximate surface area is 81.5 Å². The lowest BCUT2D eigenvalue weighted by Gasteiger charge is -2.07. The lowest BCUT2D eigenvalue weighted by Crippen LogP contribution is -2.09. The van der Waals surface area contributed by atoms with Gasteiger partial charge in [-0.1, -0.05) is 0 Å². The van der Waals surface area contributed by atoms with Gasteiger partial charge in [-0.3, -0.25) is 0 Å². The van der Waals surface area contributed by atoms with Gasteiger partial charge in [0.05, 0.1) is 17.5 Å². The van der Waals surface area contributed by atoms with Crippen LogP contribution in [0.3, 0.4) is 0 Å². The van der Waals surface area contributed by atoms with Gasteiger partial charge >= 0.3 is 0 Å². The molecular formula is C7H10N2O2S2. The van der Waals surface area contributed by atoms with E-state index >= 15 is 0 Å². The average Bonchev–Trinajstić information content (AvgIpc) is 2.56. The Hall–Kier alpha value is -0.620. The summed E-state index contributed by atoms with van der Waals surface area (Å²) in [6.45, 7) is 0. The Kier molecular flexibility index (Phi) is 2.03. The Morgan fingerprint density at radius 2 is 2.38 bits per heavy atom. The average molecular weight is 218 g/mol. The van der Waals surface area contributed by atoms with E-state index in [1.165, 1.54) is 0 Å². The van der Waals surface area contributed by atoms with E-state index in [9.17, 15) is 8.42 Å². The van der Waals surface area contributed by atoms with E-state index in [2.05, 4.69) is 4.98 Å². The second kappa shape index (κ2) is 2.95. The number of rotatable bonds is 1. The van der Waals surface area contributed by atoms with Crippen molar-refractivity contribution < 1.29 is 8.42 Å². The first-order valence-corrected chi connectivity index (χ1v) is 6.27. The lowest BCUT2D eigenvalue weighted by molar-refractivity contribution is 0.549. The summed E-state index contributed by atoms with van der Waals surface area (Å²) in [7, 11) is -2.82. The summed E-state index contributed by atoms with van der Waals surface area (Å²) in [6, 6.07) is 0.0312. The summed E-state index contributed by atoms with van der Waals surface area (Å²) < 4.78 is 24.8. The third-order valence-corrected chi connectivity index (χ3v) is 4.36. The van der Waals surface area contributed by atoms with Crippen molar-refractivity contribution in [3.63, 3.8) is 0 Å². The van der Waals surface area contributed by atoms with E-state index in [1.807, 2.05) is 4.57 Å². The number of sulfone groups is 1. The van der Waals surface area contributed by atoms with Crippen LogP contribution in [-0.4, -0.2) is 29.5 Å². The molecule has 0 aliphatic carbocycles. The molecule has 0 spiro atoms. The van der Waals surface area contributed by atoms with Crippen LogP contribution in [0.1, 0.15) is 12.5 Å². The summed E-state index contributed by atoms with van der Waals surface area (Å²) in [5.74, 6) is 0.504. The van der Waals surface area contributed by atoms with E-state index in [-0.39, 0.29) is 17.5 Å². The highest BCUT2D eigenvalue weighted by Gasteiger charge is 2.28. The van der Waals surface area contributed by atoms with Gasteiger partial charge in [-0.15, -0.1) is 0 Å². The van der Waals surface area contributed by atoms with Crippen molar-refractivity contribution >= 4 is 22.1 Å². The molecule has 13 heavy (non-hydrogen) atoms. The molecule has 1 unspecified atom stereocenters. The smallest absolute Gasteiger partial charge is 0.177 e. The van der Waals surface area contributed by atoms with Crippen LogP contribution < -0.4 is 0 Å². The molecule has 4 nitrogen and oxygen atoms in total.